The number of ketones is 1. The van der Waals surface area contributed by atoms with Crippen LogP contribution in [-0.4, -0.2) is 29.7 Å². The molecule has 1 fully saturated rings. The van der Waals surface area contributed by atoms with Gasteiger partial charge in [-0.2, -0.15) is 0 Å². The highest BCUT2D eigenvalue weighted by molar-refractivity contribution is 5.79. The highest BCUT2D eigenvalue weighted by Crippen LogP contribution is 2.30. The Bertz CT molecular complexity index is 246. The van der Waals surface area contributed by atoms with Crippen molar-refractivity contribution in [2.45, 2.75) is 40.0 Å². The van der Waals surface area contributed by atoms with E-state index >= 15 is 0 Å². The van der Waals surface area contributed by atoms with E-state index in [-0.39, 0.29) is 17.1 Å². The Morgan fingerprint density at radius 1 is 1.50 bits per heavy atom. The summed E-state index contributed by atoms with van der Waals surface area (Å²) >= 11 is 0. The molecular formula is C11H19NO2. The second kappa shape index (κ2) is 4.11. The van der Waals surface area contributed by atoms with E-state index in [1.165, 1.54) is 0 Å². The highest BCUT2D eigenvalue weighted by Gasteiger charge is 2.30. The third-order valence-corrected chi connectivity index (χ3v) is 2.77. The van der Waals surface area contributed by atoms with Crippen molar-refractivity contribution in [3.05, 3.63) is 0 Å². The third-order valence-electron chi connectivity index (χ3n) is 2.77. The molecule has 0 aromatic heterocycles. The standard InChI is InChI=1S/C11H19NO2/c1-9(13)4-6-12-7-5-11(2,3)8-10(12)14/h4-8H2,1-3H3. The normalized spacial score (nSPS) is 21.1. The minimum Gasteiger partial charge on any atom is -0.342 e. The molecule has 0 aromatic rings. The molecule has 0 aromatic carbocycles. The molecule has 0 saturated carbocycles. The Balaban J connectivity index is 2.42. The van der Waals surface area contributed by atoms with Crippen LogP contribution in [0.3, 0.4) is 0 Å². The van der Waals surface area contributed by atoms with Gasteiger partial charge in [-0.15, -0.1) is 0 Å². The van der Waals surface area contributed by atoms with Crippen LogP contribution in [0.15, 0.2) is 0 Å². The van der Waals surface area contributed by atoms with Crippen molar-refractivity contribution in [2.24, 2.45) is 5.41 Å². The van der Waals surface area contributed by atoms with Gasteiger partial charge in [0.15, 0.2) is 0 Å². The number of amides is 1. The average Bonchev–Trinajstić information content (AvgIpc) is 2.00. The Kier molecular flexibility index (Phi) is 3.29. The van der Waals surface area contributed by atoms with Crippen molar-refractivity contribution >= 4 is 11.7 Å². The van der Waals surface area contributed by atoms with E-state index in [1.807, 2.05) is 4.90 Å². The molecular weight excluding hydrogens is 178 g/mol. The number of carbonyl (C=O) groups is 2. The quantitative estimate of drug-likeness (QED) is 0.689. The van der Waals surface area contributed by atoms with E-state index in [9.17, 15) is 9.59 Å². The van der Waals surface area contributed by atoms with E-state index in [1.54, 1.807) is 6.92 Å². The molecule has 1 aliphatic heterocycles. The topological polar surface area (TPSA) is 37.4 Å². The fraction of sp³-hybridized carbons (Fsp3) is 0.818. The largest absolute Gasteiger partial charge is 0.342 e. The Labute approximate surface area is 85.5 Å². The molecule has 0 N–H and O–H groups in total. The minimum atomic E-state index is 0.143. The zero-order valence-electron chi connectivity index (χ0n) is 9.30. The van der Waals surface area contributed by atoms with Gasteiger partial charge in [-0.25, -0.2) is 0 Å². The van der Waals surface area contributed by atoms with Crippen molar-refractivity contribution < 1.29 is 9.59 Å². The fourth-order valence-corrected chi connectivity index (χ4v) is 1.70. The van der Waals surface area contributed by atoms with E-state index in [0.717, 1.165) is 13.0 Å². The number of rotatable bonds is 3. The van der Waals surface area contributed by atoms with Crippen LogP contribution >= 0.6 is 0 Å². The molecule has 14 heavy (non-hydrogen) atoms. The first-order chi connectivity index (χ1) is 6.41. The molecule has 3 nitrogen and oxygen atoms in total. The second-order valence-corrected chi connectivity index (χ2v) is 4.92. The second-order valence-electron chi connectivity index (χ2n) is 4.92. The van der Waals surface area contributed by atoms with Crippen molar-refractivity contribution in [2.75, 3.05) is 13.1 Å². The van der Waals surface area contributed by atoms with Crippen LogP contribution in [0.2, 0.25) is 0 Å². The van der Waals surface area contributed by atoms with Crippen molar-refractivity contribution in [1.82, 2.24) is 4.90 Å². The summed E-state index contributed by atoms with van der Waals surface area (Å²) in [5, 5.41) is 0. The number of hydrogen-bond acceptors (Lipinski definition) is 2. The third kappa shape index (κ3) is 3.13. The van der Waals surface area contributed by atoms with Crippen LogP contribution in [0.4, 0.5) is 0 Å². The molecule has 3 heteroatoms. The zero-order valence-corrected chi connectivity index (χ0v) is 9.30. The first-order valence-electron chi connectivity index (χ1n) is 5.18. The molecule has 1 saturated heterocycles. The molecule has 0 spiro atoms. The maximum absolute atomic E-state index is 11.6. The molecule has 1 rings (SSSR count). The van der Waals surface area contributed by atoms with Gasteiger partial charge in [0.2, 0.25) is 5.91 Å². The molecule has 1 heterocycles. The summed E-state index contributed by atoms with van der Waals surface area (Å²) in [5.41, 5.74) is 0.143. The number of Topliss-reactive ketones (excluding diaryl/α,β-unsaturated/α-hetero) is 1. The predicted molar refractivity (Wildman–Crippen MR) is 54.9 cm³/mol. The van der Waals surface area contributed by atoms with Crippen molar-refractivity contribution in [3.63, 3.8) is 0 Å². The zero-order chi connectivity index (χ0) is 10.8. The molecule has 0 bridgehead atoms. The van der Waals surface area contributed by atoms with Gasteiger partial charge in [-0.1, -0.05) is 13.8 Å². The van der Waals surface area contributed by atoms with Crippen LogP contribution in [0, 0.1) is 5.41 Å². The Morgan fingerprint density at radius 2 is 2.14 bits per heavy atom. The van der Waals surface area contributed by atoms with Gasteiger partial charge in [0, 0.05) is 25.9 Å². The van der Waals surface area contributed by atoms with E-state index in [4.69, 9.17) is 0 Å². The lowest BCUT2D eigenvalue weighted by Gasteiger charge is -2.36. The van der Waals surface area contributed by atoms with Gasteiger partial charge >= 0.3 is 0 Å². The Morgan fingerprint density at radius 3 is 2.64 bits per heavy atom. The fourth-order valence-electron chi connectivity index (χ4n) is 1.70. The molecule has 0 unspecified atom stereocenters. The van der Waals surface area contributed by atoms with E-state index in [0.29, 0.717) is 19.4 Å². The van der Waals surface area contributed by atoms with Crippen LogP contribution in [0.25, 0.3) is 0 Å². The van der Waals surface area contributed by atoms with Crippen LogP contribution < -0.4 is 0 Å². The molecule has 0 atom stereocenters. The molecule has 80 valence electrons. The van der Waals surface area contributed by atoms with E-state index < -0.39 is 0 Å². The van der Waals surface area contributed by atoms with Crippen LogP contribution in [-0.2, 0) is 9.59 Å². The SMILES string of the molecule is CC(=O)CCN1CCC(C)(C)CC1=O. The average molecular weight is 197 g/mol. The first kappa shape index (κ1) is 11.2. The maximum atomic E-state index is 11.6. The molecule has 1 aliphatic rings. The number of carbonyl (C=O) groups excluding carboxylic acids is 2. The lowest BCUT2D eigenvalue weighted by atomic mass is 9.82. The monoisotopic (exact) mass is 197 g/mol. The summed E-state index contributed by atoms with van der Waals surface area (Å²) in [7, 11) is 0. The van der Waals surface area contributed by atoms with Gasteiger partial charge in [-0.3, -0.25) is 9.59 Å². The maximum Gasteiger partial charge on any atom is 0.223 e. The van der Waals surface area contributed by atoms with Crippen molar-refractivity contribution in [3.8, 4) is 0 Å². The Hall–Kier alpha value is -0.860. The number of piperidine rings is 1. The summed E-state index contributed by atoms with van der Waals surface area (Å²) in [6.07, 6.45) is 2.15. The van der Waals surface area contributed by atoms with Gasteiger partial charge in [0.05, 0.1) is 0 Å². The lowest BCUT2D eigenvalue weighted by molar-refractivity contribution is -0.137. The smallest absolute Gasteiger partial charge is 0.223 e. The molecule has 0 aliphatic carbocycles. The van der Waals surface area contributed by atoms with Gasteiger partial charge in [0.1, 0.15) is 5.78 Å². The van der Waals surface area contributed by atoms with Crippen LogP contribution in [0.1, 0.15) is 40.0 Å². The minimum absolute atomic E-state index is 0.143. The molecule has 0 radical (unpaired) electrons. The first-order valence-corrected chi connectivity index (χ1v) is 5.18. The molecule has 1 amide bonds. The highest BCUT2D eigenvalue weighted by atomic mass is 16.2. The summed E-state index contributed by atoms with van der Waals surface area (Å²) in [6.45, 7) is 7.21. The number of likely N-dealkylation sites (tertiary alicyclic amines) is 1. The van der Waals surface area contributed by atoms with Crippen molar-refractivity contribution in [1.29, 1.82) is 0 Å². The van der Waals surface area contributed by atoms with Gasteiger partial charge < -0.3 is 4.90 Å². The van der Waals surface area contributed by atoms with E-state index in [2.05, 4.69) is 13.8 Å². The predicted octanol–water partition coefficient (Wildman–Crippen LogP) is 1.61. The number of hydrogen-bond donors (Lipinski definition) is 0. The number of nitrogens with zero attached hydrogens (tertiary/aromatic N) is 1. The van der Waals surface area contributed by atoms with Gasteiger partial charge in [-0.05, 0) is 18.8 Å². The summed E-state index contributed by atoms with van der Waals surface area (Å²) in [4.78, 5) is 24.2. The van der Waals surface area contributed by atoms with Gasteiger partial charge in [0.25, 0.3) is 0 Å². The summed E-state index contributed by atoms with van der Waals surface area (Å²) in [5.74, 6) is 0.352. The van der Waals surface area contributed by atoms with Crippen LogP contribution in [0.5, 0.6) is 0 Å². The lowest BCUT2D eigenvalue weighted by Crippen LogP contribution is -2.42. The summed E-state index contributed by atoms with van der Waals surface area (Å²) < 4.78 is 0. The summed E-state index contributed by atoms with van der Waals surface area (Å²) in [6, 6.07) is 0.